The number of nitrogens with two attached hydrogens (primary N) is 1. The van der Waals surface area contributed by atoms with Crippen molar-refractivity contribution in [2.45, 2.75) is 12.8 Å². The second-order valence-corrected chi connectivity index (χ2v) is 5.96. The number of benzene rings is 1. The Hall–Kier alpha value is -2.68. The Kier molecular flexibility index (Phi) is 5.92. The lowest BCUT2D eigenvalue weighted by Crippen LogP contribution is -2.43. The normalized spacial score (nSPS) is 14.8. The number of primary amides is 1. The molecule has 0 unspecified atom stereocenters. The van der Waals surface area contributed by atoms with E-state index in [0.717, 1.165) is 6.07 Å². The van der Waals surface area contributed by atoms with Gasteiger partial charge in [-0.05, 0) is 25.0 Å². The zero-order chi connectivity index (χ0) is 18.6. The highest BCUT2D eigenvalue weighted by Crippen LogP contribution is 2.25. The molecule has 2 amide bonds. The summed E-state index contributed by atoms with van der Waals surface area (Å²) in [5.41, 5.74) is 4.73. The average Bonchev–Trinajstić information content (AvgIpc) is 2.59. The van der Waals surface area contributed by atoms with Gasteiger partial charge in [-0.1, -0.05) is 11.6 Å². The molecule has 0 bridgehead atoms. The number of likely N-dealkylation sites (tertiary alicyclic amines) is 1. The highest BCUT2D eigenvalue weighted by molar-refractivity contribution is 6.32. The summed E-state index contributed by atoms with van der Waals surface area (Å²) in [7, 11) is 0. The maximum atomic E-state index is 12.0. The fourth-order valence-electron chi connectivity index (χ4n) is 2.49. The lowest BCUT2D eigenvalue weighted by molar-refractivity contribution is -0.384. The zero-order valence-corrected chi connectivity index (χ0v) is 13.9. The third-order valence-electron chi connectivity index (χ3n) is 3.96. The van der Waals surface area contributed by atoms with Crippen molar-refractivity contribution in [3.8, 4) is 0 Å². The Morgan fingerprint density at radius 3 is 2.52 bits per heavy atom. The van der Waals surface area contributed by atoms with Crippen LogP contribution in [0.2, 0.25) is 5.02 Å². The van der Waals surface area contributed by atoms with Crippen molar-refractivity contribution in [2.75, 3.05) is 19.7 Å². The third kappa shape index (κ3) is 4.66. The maximum absolute atomic E-state index is 12.0. The molecule has 2 rings (SSSR count). The summed E-state index contributed by atoms with van der Waals surface area (Å²) in [6.45, 7) is 0.226. The molecule has 1 fully saturated rings. The minimum Gasteiger partial charge on any atom is -0.452 e. The van der Waals surface area contributed by atoms with Crippen molar-refractivity contribution in [3.63, 3.8) is 0 Å². The van der Waals surface area contributed by atoms with Crippen LogP contribution in [-0.4, -0.2) is 47.3 Å². The largest absolute Gasteiger partial charge is 0.452 e. The minimum atomic E-state index is -0.861. The molecule has 134 valence electrons. The van der Waals surface area contributed by atoms with E-state index in [9.17, 15) is 24.5 Å². The highest BCUT2D eigenvalue weighted by Gasteiger charge is 2.26. The lowest BCUT2D eigenvalue weighted by atomic mass is 9.96. The van der Waals surface area contributed by atoms with Crippen LogP contribution < -0.4 is 5.73 Å². The average molecular weight is 370 g/mol. The topological polar surface area (TPSA) is 133 Å². The number of amides is 2. The molecule has 0 atom stereocenters. The molecule has 0 saturated carbocycles. The van der Waals surface area contributed by atoms with Crippen LogP contribution in [0.5, 0.6) is 0 Å². The summed E-state index contributed by atoms with van der Waals surface area (Å²) in [6.07, 6.45) is 0.941. The summed E-state index contributed by atoms with van der Waals surface area (Å²) in [6, 6.07) is 3.49. The van der Waals surface area contributed by atoms with Gasteiger partial charge in [0, 0.05) is 25.1 Å². The van der Waals surface area contributed by atoms with Crippen LogP contribution >= 0.6 is 11.6 Å². The van der Waals surface area contributed by atoms with Crippen LogP contribution in [-0.2, 0) is 14.3 Å². The monoisotopic (exact) mass is 369 g/mol. The maximum Gasteiger partial charge on any atom is 0.338 e. The van der Waals surface area contributed by atoms with Gasteiger partial charge >= 0.3 is 5.97 Å². The first kappa shape index (κ1) is 18.7. The molecule has 0 radical (unpaired) electrons. The molecule has 25 heavy (non-hydrogen) atoms. The van der Waals surface area contributed by atoms with E-state index in [4.69, 9.17) is 22.1 Å². The first-order valence-corrected chi connectivity index (χ1v) is 7.85. The van der Waals surface area contributed by atoms with Crippen molar-refractivity contribution in [3.05, 3.63) is 38.9 Å². The summed E-state index contributed by atoms with van der Waals surface area (Å²) >= 11 is 5.67. The van der Waals surface area contributed by atoms with Crippen LogP contribution in [0.3, 0.4) is 0 Å². The molecule has 10 heteroatoms. The Bertz CT molecular complexity index is 715. The van der Waals surface area contributed by atoms with Gasteiger partial charge in [0.15, 0.2) is 6.61 Å². The predicted molar refractivity (Wildman–Crippen MR) is 86.9 cm³/mol. The van der Waals surface area contributed by atoms with Gasteiger partial charge < -0.3 is 15.4 Å². The fourth-order valence-corrected chi connectivity index (χ4v) is 2.68. The molecular formula is C15H16ClN3O6. The number of esters is 1. The number of carbonyl (C=O) groups excluding carboxylic acids is 3. The highest BCUT2D eigenvalue weighted by atomic mass is 35.5. The summed E-state index contributed by atoms with van der Waals surface area (Å²) in [5.74, 6) is -1.90. The minimum absolute atomic E-state index is 0.0728. The van der Waals surface area contributed by atoms with E-state index in [0.29, 0.717) is 25.9 Å². The molecule has 1 aliphatic rings. The summed E-state index contributed by atoms with van der Waals surface area (Å²) in [5, 5.41) is 10.7. The van der Waals surface area contributed by atoms with Crippen molar-refractivity contribution in [1.82, 2.24) is 4.90 Å². The number of piperidine rings is 1. The molecule has 1 aromatic rings. The molecule has 1 heterocycles. The molecule has 1 aliphatic heterocycles. The number of nitro benzene ring substituents is 1. The van der Waals surface area contributed by atoms with Gasteiger partial charge in [0.2, 0.25) is 5.91 Å². The van der Waals surface area contributed by atoms with Gasteiger partial charge in [-0.15, -0.1) is 0 Å². The van der Waals surface area contributed by atoms with Crippen LogP contribution in [0.25, 0.3) is 0 Å². The first-order chi connectivity index (χ1) is 11.8. The van der Waals surface area contributed by atoms with Crippen LogP contribution in [0.1, 0.15) is 23.2 Å². The van der Waals surface area contributed by atoms with Gasteiger partial charge in [-0.3, -0.25) is 19.7 Å². The van der Waals surface area contributed by atoms with E-state index in [1.807, 2.05) is 0 Å². The van der Waals surface area contributed by atoms with E-state index in [1.54, 1.807) is 0 Å². The van der Waals surface area contributed by atoms with Gasteiger partial charge in [-0.25, -0.2) is 4.79 Å². The smallest absolute Gasteiger partial charge is 0.338 e. The lowest BCUT2D eigenvalue weighted by Gasteiger charge is -2.30. The van der Waals surface area contributed by atoms with E-state index in [-0.39, 0.29) is 22.4 Å². The molecule has 9 nitrogen and oxygen atoms in total. The third-order valence-corrected chi connectivity index (χ3v) is 4.27. The number of halogens is 1. The molecule has 0 aromatic heterocycles. The number of carbonyl (C=O) groups is 3. The van der Waals surface area contributed by atoms with Crippen molar-refractivity contribution in [2.24, 2.45) is 11.7 Å². The number of ether oxygens (including phenoxy) is 1. The molecule has 0 aliphatic carbocycles. The number of nitrogens with zero attached hydrogens (tertiary/aromatic N) is 2. The Balaban J connectivity index is 1.90. The number of hydrogen-bond donors (Lipinski definition) is 1. The Morgan fingerprint density at radius 2 is 1.96 bits per heavy atom. The van der Waals surface area contributed by atoms with Gasteiger partial charge in [-0.2, -0.15) is 0 Å². The fraction of sp³-hybridized carbons (Fsp3) is 0.400. The van der Waals surface area contributed by atoms with Crippen molar-refractivity contribution in [1.29, 1.82) is 0 Å². The van der Waals surface area contributed by atoms with Gasteiger partial charge in [0.1, 0.15) is 5.02 Å². The molecular weight excluding hydrogens is 354 g/mol. The van der Waals surface area contributed by atoms with E-state index >= 15 is 0 Å². The number of rotatable bonds is 5. The predicted octanol–water partition coefficient (Wildman–Crippen LogP) is 1.13. The molecule has 1 saturated heterocycles. The molecule has 1 aromatic carbocycles. The van der Waals surface area contributed by atoms with Gasteiger partial charge in [0.05, 0.1) is 10.5 Å². The zero-order valence-electron chi connectivity index (χ0n) is 13.1. The molecule has 2 N–H and O–H groups in total. The van der Waals surface area contributed by atoms with E-state index in [2.05, 4.69) is 0 Å². The summed E-state index contributed by atoms with van der Waals surface area (Å²) < 4.78 is 4.90. The van der Waals surface area contributed by atoms with E-state index in [1.165, 1.54) is 17.0 Å². The number of hydrogen-bond acceptors (Lipinski definition) is 6. The quantitative estimate of drug-likeness (QED) is 0.470. The molecule has 0 spiro atoms. The van der Waals surface area contributed by atoms with Crippen LogP contribution in [0.4, 0.5) is 5.69 Å². The van der Waals surface area contributed by atoms with Crippen LogP contribution in [0.15, 0.2) is 18.2 Å². The van der Waals surface area contributed by atoms with E-state index < -0.39 is 29.1 Å². The second kappa shape index (κ2) is 7.93. The number of nitro groups is 1. The second-order valence-electron chi connectivity index (χ2n) is 5.56. The Morgan fingerprint density at radius 1 is 1.32 bits per heavy atom. The Labute approximate surface area is 147 Å². The van der Waals surface area contributed by atoms with Gasteiger partial charge in [0.25, 0.3) is 11.6 Å². The summed E-state index contributed by atoms with van der Waals surface area (Å²) in [4.78, 5) is 46.7. The first-order valence-electron chi connectivity index (χ1n) is 7.47. The van der Waals surface area contributed by atoms with Crippen molar-refractivity contribution >= 4 is 35.1 Å². The van der Waals surface area contributed by atoms with Crippen LogP contribution in [0, 0.1) is 16.0 Å². The van der Waals surface area contributed by atoms with Crippen molar-refractivity contribution < 1.29 is 24.0 Å². The standard InChI is InChI=1S/C15H16ClN3O6/c16-11-2-1-10(7-12(11)19(23)24)15(22)25-8-13(20)18-5-3-9(4-6-18)14(17)21/h1-2,7,9H,3-6,8H2,(H2,17,21). The SMILES string of the molecule is NC(=O)C1CCN(C(=O)COC(=O)c2ccc(Cl)c([N+](=O)[O-])c2)CC1.